The molecule has 0 aliphatic heterocycles. The summed E-state index contributed by atoms with van der Waals surface area (Å²) in [6.07, 6.45) is 1.19. The van der Waals surface area contributed by atoms with E-state index in [0.29, 0.717) is 17.1 Å². The largest absolute Gasteiger partial charge is 0.303 e. The van der Waals surface area contributed by atoms with Crippen LogP contribution in [0.5, 0.6) is 0 Å². The van der Waals surface area contributed by atoms with Crippen molar-refractivity contribution in [1.29, 1.82) is 0 Å². The van der Waals surface area contributed by atoms with Gasteiger partial charge in [-0.25, -0.2) is 8.42 Å². The van der Waals surface area contributed by atoms with E-state index in [4.69, 9.17) is 12.2 Å². The highest BCUT2D eigenvalue weighted by atomic mass is 32.2. The molecule has 1 atom stereocenters. The Morgan fingerprint density at radius 1 is 1.64 bits per heavy atom. The summed E-state index contributed by atoms with van der Waals surface area (Å²) in [5.74, 6) is 0.472. The predicted molar refractivity (Wildman–Crippen MR) is 56.3 cm³/mol. The molecule has 0 aliphatic carbocycles. The van der Waals surface area contributed by atoms with Crippen LogP contribution in [-0.4, -0.2) is 29.4 Å². The molecule has 0 aliphatic rings. The molecule has 0 fully saturated rings. The Morgan fingerprint density at radius 2 is 2.21 bits per heavy atom. The molecule has 7 heteroatoms. The normalized spacial score (nSPS) is 14.2. The third kappa shape index (κ3) is 2.03. The summed E-state index contributed by atoms with van der Waals surface area (Å²) in [6.45, 7) is 4.11. The van der Waals surface area contributed by atoms with Gasteiger partial charge in [0.15, 0.2) is 14.6 Å². The van der Waals surface area contributed by atoms with Crippen molar-refractivity contribution in [2.75, 3.05) is 6.26 Å². The van der Waals surface area contributed by atoms with Crippen molar-refractivity contribution < 1.29 is 8.42 Å². The molecule has 1 aromatic heterocycles. The molecule has 0 aromatic carbocycles. The number of hydrogen-bond donors (Lipinski definition) is 1. The molecule has 1 unspecified atom stereocenters. The zero-order chi connectivity index (χ0) is 10.9. The van der Waals surface area contributed by atoms with Gasteiger partial charge in [0.2, 0.25) is 0 Å². The van der Waals surface area contributed by atoms with Crippen LogP contribution in [0.3, 0.4) is 0 Å². The molecule has 1 aromatic rings. The number of aromatic nitrogens is 3. The highest BCUT2D eigenvalue weighted by Crippen LogP contribution is 2.18. The molecule has 0 amide bonds. The third-order valence-corrected chi connectivity index (χ3v) is 3.92. The maximum atomic E-state index is 11.3. The minimum absolute atomic E-state index is 0.456. The number of rotatable bonds is 3. The van der Waals surface area contributed by atoms with Crippen LogP contribution in [0.1, 0.15) is 24.9 Å². The third-order valence-electron chi connectivity index (χ3n) is 2.11. The summed E-state index contributed by atoms with van der Waals surface area (Å²) in [6, 6.07) is 0. The van der Waals surface area contributed by atoms with Gasteiger partial charge in [-0.05, 0) is 26.1 Å². The van der Waals surface area contributed by atoms with Crippen molar-refractivity contribution in [1.82, 2.24) is 14.8 Å². The van der Waals surface area contributed by atoms with E-state index < -0.39 is 15.1 Å². The molecule has 14 heavy (non-hydrogen) atoms. The van der Waals surface area contributed by atoms with E-state index in [1.807, 2.05) is 6.92 Å². The van der Waals surface area contributed by atoms with Crippen molar-refractivity contribution in [2.45, 2.75) is 25.6 Å². The van der Waals surface area contributed by atoms with Gasteiger partial charge in [-0.2, -0.15) is 5.10 Å². The lowest BCUT2D eigenvalue weighted by Crippen LogP contribution is -2.14. The first-order chi connectivity index (χ1) is 6.38. The molecular formula is C7H13N3O2S2. The Bertz CT molecular complexity index is 471. The molecule has 0 spiro atoms. The first-order valence-electron chi connectivity index (χ1n) is 4.22. The van der Waals surface area contributed by atoms with Crippen molar-refractivity contribution in [3.05, 3.63) is 10.6 Å². The summed E-state index contributed by atoms with van der Waals surface area (Å²) >= 11 is 4.96. The second kappa shape index (κ2) is 3.82. The number of nitrogens with zero attached hydrogens (tertiary/aromatic N) is 2. The summed E-state index contributed by atoms with van der Waals surface area (Å²) in [4.78, 5) is 0. The second-order valence-electron chi connectivity index (χ2n) is 3.10. The molecule has 0 bridgehead atoms. The summed E-state index contributed by atoms with van der Waals surface area (Å²) in [7, 11) is -3.12. The van der Waals surface area contributed by atoms with Crippen LogP contribution in [-0.2, 0) is 16.4 Å². The van der Waals surface area contributed by atoms with Crippen molar-refractivity contribution in [3.63, 3.8) is 0 Å². The highest BCUT2D eigenvalue weighted by molar-refractivity contribution is 7.90. The number of nitrogens with one attached hydrogen (secondary N) is 1. The fourth-order valence-corrected chi connectivity index (χ4v) is 1.97. The monoisotopic (exact) mass is 235 g/mol. The Kier molecular flexibility index (Phi) is 3.10. The van der Waals surface area contributed by atoms with Crippen LogP contribution in [0.2, 0.25) is 0 Å². The molecule has 1 rings (SSSR count). The fraction of sp³-hybridized carbons (Fsp3) is 0.714. The highest BCUT2D eigenvalue weighted by Gasteiger charge is 2.22. The predicted octanol–water partition coefficient (Wildman–Crippen LogP) is 1.07. The second-order valence-corrected chi connectivity index (χ2v) is 5.86. The van der Waals surface area contributed by atoms with Crippen molar-refractivity contribution in [3.8, 4) is 0 Å². The average Bonchev–Trinajstić information content (AvgIpc) is 2.43. The average molecular weight is 235 g/mol. The standard InChI is InChI=1S/C7H13N3O2S2/c1-4-10-6(8-9-7(10)13)5(2)14(3,11)12/h5H,4H2,1-3H3,(H,9,13). The number of H-pyrrole nitrogens is 1. The van der Waals surface area contributed by atoms with Crippen LogP contribution in [0, 0.1) is 4.77 Å². The van der Waals surface area contributed by atoms with Gasteiger partial charge in [-0.1, -0.05) is 0 Å². The van der Waals surface area contributed by atoms with Crippen LogP contribution >= 0.6 is 12.2 Å². The van der Waals surface area contributed by atoms with Gasteiger partial charge >= 0.3 is 0 Å². The summed E-state index contributed by atoms with van der Waals surface area (Å²) in [5, 5.41) is 5.88. The molecular weight excluding hydrogens is 222 g/mol. The van der Waals surface area contributed by atoms with E-state index in [-0.39, 0.29) is 0 Å². The fourth-order valence-electron chi connectivity index (χ4n) is 1.14. The van der Waals surface area contributed by atoms with Gasteiger partial charge < -0.3 is 4.57 Å². The lowest BCUT2D eigenvalue weighted by Gasteiger charge is -2.09. The van der Waals surface area contributed by atoms with Crippen LogP contribution in [0.4, 0.5) is 0 Å². The topological polar surface area (TPSA) is 67.8 Å². The molecule has 1 N–H and O–H groups in total. The molecule has 5 nitrogen and oxygen atoms in total. The van der Waals surface area contributed by atoms with Gasteiger partial charge in [0, 0.05) is 12.8 Å². The van der Waals surface area contributed by atoms with E-state index in [2.05, 4.69) is 10.2 Å². The molecule has 0 saturated carbocycles. The van der Waals surface area contributed by atoms with Crippen LogP contribution < -0.4 is 0 Å². The first kappa shape index (κ1) is 11.4. The van der Waals surface area contributed by atoms with Gasteiger partial charge in [0.05, 0.1) is 0 Å². The van der Waals surface area contributed by atoms with E-state index in [0.717, 1.165) is 0 Å². The van der Waals surface area contributed by atoms with Crippen LogP contribution in [0.15, 0.2) is 0 Å². The maximum Gasteiger partial charge on any atom is 0.195 e. The molecule has 80 valence electrons. The maximum absolute atomic E-state index is 11.3. The van der Waals surface area contributed by atoms with E-state index in [1.165, 1.54) is 6.26 Å². The summed E-state index contributed by atoms with van der Waals surface area (Å²) < 4.78 is 24.8. The SMILES string of the molecule is CCn1c(C(C)S(C)(=O)=O)n[nH]c1=S. The first-order valence-corrected chi connectivity index (χ1v) is 6.58. The zero-order valence-corrected chi connectivity index (χ0v) is 9.94. The van der Waals surface area contributed by atoms with E-state index in [9.17, 15) is 8.42 Å². The van der Waals surface area contributed by atoms with E-state index in [1.54, 1.807) is 11.5 Å². The van der Waals surface area contributed by atoms with Crippen LogP contribution in [0.25, 0.3) is 0 Å². The smallest absolute Gasteiger partial charge is 0.195 e. The quantitative estimate of drug-likeness (QED) is 0.796. The van der Waals surface area contributed by atoms with E-state index >= 15 is 0 Å². The number of sulfone groups is 1. The summed E-state index contributed by atoms with van der Waals surface area (Å²) in [5.41, 5.74) is 0. The molecule has 0 radical (unpaired) electrons. The number of hydrogen-bond acceptors (Lipinski definition) is 4. The molecule has 0 saturated heterocycles. The zero-order valence-electron chi connectivity index (χ0n) is 8.31. The van der Waals surface area contributed by atoms with Gasteiger partial charge in [-0.3, -0.25) is 5.10 Å². The number of aromatic amines is 1. The Labute approximate surface area is 88.1 Å². The lowest BCUT2D eigenvalue weighted by molar-refractivity contribution is 0.582. The Balaban J connectivity index is 3.27. The van der Waals surface area contributed by atoms with Gasteiger partial charge in [0.25, 0.3) is 0 Å². The lowest BCUT2D eigenvalue weighted by atomic mass is 10.4. The minimum Gasteiger partial charge on any atom is -0.303 e. The molecule has 1 heterocycles. The Hall–Kier alpha value is -0.690. The van der Waals surface area contributed by atoms with Gasteiger partial charge in [-0.15, -0.1) is 0 Å². The minimum atomic E-state index is -3.12. The Morgan fingerprint density at radius 3 is 2.64 bits per heavy atom. The van der Waals surface area contributed by atoms with Crippen molar-refractivity contribution >= 4 is 22.1 Å². The van der Waals surface area contributed by atoms with Gasteiger partial charge in [0.1, 0.15) is 11.1 Å². The van der Waals surface area contributed by atoms with Crippen molar-refractivity contribution in [2.24, 2.45) is 0 Å².